The van der Waals surface area contributed by atoms with Crippen molar-refractivity contribution in [2.24, 2.45) is 4.99 Å². The number of methoxy groups -OCH3 is 1. The average molecular weight is 533 g/mol. The zero-order chi connectivity index (χ0) is 20.9. The van der Waals surface area contributed by atoms with Gasteiger partial charge in [0.15, 0.2) is 5.96 Å². The molecule has 1 fully saturated rings. The van der Waals surface area contributed by atoms with E-state index in [1.807, 2.05) is 12.1 Å². The number of carbonyl (C=O) groups is 2. The standard InChI is InChI=1S/C20H31N5O4.HI/c1-21-20(23-8-3-11-29-13-12-28-2)24-14-16-4-6-17(7-5-16)19(27)25-10-9-22-18(26)15-25;/h4-7H,3,8-15H2,1-2H3,(H,22,26)(H2,21,23,24);1H. The van der Waals surface area contributed by atoms with Crippen LogP contribution >= 0.6 is 24.0 Å². The first kappa shape index (κ1) is 26.1. The number of nitrogens with zero attached hydrogens (tertiary/aromatic N) is 2. The topological polar surface area (TPSA) is 104 Å². The van der Waals surface area contributed by atoms with E-state index in [-0.39, 0.29) is 42.3 Å². The molecule has 0 aromatic heterocycles. The van der Waals surface area contributed by atoms with E-state index in [9.17, 15) is 9.59 Å². The van der Waals surface area contributed by atoms with Crippen LogP contribution < -0.4 is 16.0 Å². The largest absolute Gasteiger partial charge is 0.382 e. The zero-order valence-electron chi connectivity index (χ0n) is 17.6. The number of ether oxygens (including phenoxy) is 2. The van der Waals surface area contributed by atoms with Gasteiger partial charge in [0.25, 0.3) is 5.91 Å². The van der Waals surface area contributed by atoms with Gasteiger partial charge in [-0.2, -0.15) is 0 Å². The molecule has 0 aliphatic carbocycles. The second-order valence-corrected chi connectivity index (χ2v) is 6.58. The average Bonchev–Trinajstić information content (AvgIpc) is 2.75. The molecule has 1 saturated heterocycles. The quantitative estimate of drug-likeness (QED) is 0.176. The number of amides is 2. The third-order valence-corrected chi connectivity index (χ3v) is 4.40. The van der Waals surface area contributed by atoms with Crippen LogP contribution in [0.2, 0.25) is 0 Å². The molecule has 0 atom stereocenters. The fourth-order valence-corrected chi connectivity index (χ4v) is 2.79. The van der Waals surface area contributed by atoms with Crippen LogP contribution in [0.3, 0.4) is 0 Å². The molecule has 0 spiro atoms. The number of rotatable bonds is 10. The van der Waals surface area contributed by atoms with E-state index in [0.29, 0.717) is 51.0 Å². The van der Waals surface area contributed by atoms with E-state index in [4.69, 9.17) is 9.47 Å². The van der Waals surface area contributed by atoms with Gasteiger partial charge in [-0.05, 0) is 24.1 Å². The summed E-state index contributed by atoms with van der Waals surface area (Å²) in [5.74, 6) is 0.469. The highest BCUT2D eigenvalue weighted by molar-refractivity contribution is 14.0. The molecule has 10 heteroatoms. The van der Waals surface area contributed by atoms with Crippen LogP contribution in [0.15, 0.2) is 29.3 Å². The summed E-state index contributed by atoms with van der Waals surface area (Å²) in [5, 5.41) is 9.20. The summed E-state index contributed by atoms with van der Waals surface area (Å²) in [5.41, 5.74) is 1.61. The van der Waals surface area contributed by atoms with Crippen LogP contribution in [-0.4, -0.2) is 82.8 Å². The Labute approximate surface area is 195 Å². The van der Waals surface area contributed by atoms with Gasteiger partial charge >= 0.3 is 0 Å². The summed E-state index contributed by atoms with van der Waals surface area (Å²) in [6.45, 7) is 4.36. The molecule has 2 rings (SSSR count). The van der Waals surface area contributed by atoms with Crippen LogP contribution in [-0.2, 0) is 20.8 Å². The van der Waals surface area contributed by atoms with Gasteiger partial charge in [-0.3, -0.25) is 14.6 Å². The summed E-state index contributed by atoms with van der Waals surface area (Å²) < 4.78 is 10.3. The summed E-state index contributed by atoms with van der Waals surface area (Å²) in [6.07, 6.45) is 0.871. The molecule has 1 aliphatic rings. The SMILES string of the molecule is CN=C(NCCCOCCOC)NCc1ccc(C(=O)N2CCNC(=O)C2)cc1.I. The number of nitrogens with one attached hydrogen (secondary N) is 3. The highest BCUT2D eigenvalue weighted by Crippen LogP contribution is 2.09. The van der Waals surface area contributed by atoms with Crippen LogP contribution in [0.25, 0.3) is 0 Å². The van der Waals surface area contributed by atoms with Crippen LogP contribution in [0.5, 0.6) is 0 Å². The molecular weight excluding hydrogens is 501 g/mol. The van der Waals surface area contributed by atoms with Crippen LogP contribution in [0, 0.1) is 0 Å². The molecule has 1 aliphatic heterocycles. The van der Waals surface area contributed by atoms with Crippen molar-refractivity contribution in [3.05, 3.63) is 35.4 Å². The lowest BCUT2D eigenvalue weighted by Gasteiger charge is -2.26. The van der Waals surface area contributed by atoms with Crippen molar-refractivity contribution in [3.63, 3.8) is 0 Å². The number of guanidine groups is 1. The first-order valence-electron chi connectivity index (χ1n) is 9.80. The van der Waals surface area contributed by atoms with Gasteiger partial charge in [0.2, 0.25) is 5.91 Å². The van der Waals surface area contributed by atoms with Crippen molar-refractivity contribution < 1.29 is 19.1 Å². The number of benzene rings is 1. The van der Waals surface area contributed by atoms with Gasteiger partial charge < -0.3 is 30.3 Å². The van der Waals surface area contributed by atoms with Crippen molar-refractivity contribution in [1.82, 2.24) is 20.9 Å². The monoisotopic (exact) mass is 533 g/mol. The molecule has 0 unspecified atom stereocenters. The zero-order valence-corrected chi connectivity index (χ0v) is 19.9. The summed E-state index contributed by atoms with van der Waals surface area (Å²) in [7, 11) is 3.38. The van der Waals surface area contributed by atoms with Gasteiger partial charge in [0.05, 0.1) is 19.8 Å². The first-order valence-corrected chi connectivity index (χ1v) is 9.80. The molecule has 168 valence electrons. The summed E-state index contributed by atoms with van der Waals surface area (Å²) in [6, 6.07) is 7.39. The maximum absolute atomic E-state index is 12.5. The Balaban J connectivity index is 0.00000450. The minimum absolute atomic E-state index is 0. The smallest absolute Gasteiger partial charge is 0.254 e. The van der Waals surface area contributed by atoms with Gasteiger partial charge in [-0.15, -0.1) is 24.0 Å². The molecular formula is C20H32IN5O4. The Morgan fingerprint density at radius 2 is 1.97 bits per heavy atom. The molecule has 1 heterocycles. The van der Waals surface area contributed by atoms with E-state index in [1.165, 1.54) is 0 Å². The molecule has 0 saturated carbocycles. The number of halogens is 1. The predicted molar refractivity (Wildman–Crippen MR) is 126 cm³/mol. The fourth-order valence-electron chi connectivity index (χ4n) is 2.79. The molecule has 30 heavy (non-hydrogen) atoms. The molecule has 2 amide bonds. The van der Waals surface area contributed by atoms with E-state index in [0.717, 1.165) is 18.5 Å². The first-order chi connectivity index (χ1) is 14.1. The Hall–Kier alpha value is -1.92. The van der Waals surface area contributed by atoms with Crippen molar-refractivity contribution >= 4 is 41.8 Å². The Morgan fingerprint density at radius 1 is 1.20 bits per heavy atom. The lowest BCUT2D eigenvalue weighted by Crippen LogP contribution is -2.49. The van der Waals surface area contributed by atoms with Crippen molar-refractivity contribution in [3.8, 4) is 0 Å². The Morgan fingerprint density at radius 3 is 2.63 bits per heavy atom. The predicted octanol–water partition coefficient (Wildman–Crippen LogP) is 0.595. The van der Waals surface area contributed by atoms with E-state index >= 15 is 0 Å². The van der Waals surface area contributed by atoms with Crippen molar-refractivity contribution in [2.75, 3.05) is 60.2 Å². The molecule has 9 nitrogen and oxygen atoms in total. The fraction of sp³-hybridized carbons (Fsp3) is 0.550. The Bertz CT molecular complexity index is 684. The Kier molecular flexibility index (Phi) is 13.0. The highest BCUT2D eigenvalue weighted by Gasteiger charge is 2.22. The lowest BCUT2D eigenvalue weighted by molar-refractivity contribution is -0.123. The number of piperazine rings is 1. The number of hydrogen-bond donors (Lipinski definition) is 3. The molecule has 1 aromatic carbocycles. The molecule has 3 N–H and O–H groups in total. The van der Waals surface area contributed by atoms with Gasteiger partial charge in [0, 0.05) is 52.5 Å². The molecule has 1 aromatic rings. The van der Waals surface area contributed by atoms with Crippen LogP contribution in [0.1, 0.15) is 22.3 Å². The maximum atomic E-state index is 12.5. The van der Waals surface area contributed by atoms with Gasteiger partial charge in [-0.1, -0.05) is 12.1 Å². The van der Waals surface area contributed by atoms with E-state index < -0.39 is 0 Å². The minimum Gasteiger partial charge on any atom is -0.382 e. The normalized spacial score (nSPS) is 14.0. The second kappa shape index (κ2) is 15.0. The third-order valence-electron chi connectivity index (χ3n) is 4.40. The van der Waals surface area contributed by atoms with Gasteiger partial charge in [-0.25, -0.2) is 0 Å². The van der Waals surface area contributed by atoms with Crippen molar-refractivity contribution in [2.45, 2.75) is 13.0 Å². The third kappa shape index (κ3) is 9.26. The molecule has 0 bridgehead atoms. The summed E-state index contributed by atoms with van der Waals surface area (Å²) >= 11 is 0. The summed E-state index contributed by atoms with van der Waals surface area (Å²) in [4.78, 5) is 29.7. The van der Waals surface area contributed by atoms with E-state index in [2.05, 4.69) is 20.9 Å². The highest BCUT2D eigenvalue weighted by atomic mass is 127. The number of aliphatic imine (C=N–C) groups is 1. The lowest BCUT2D eigenvalue weighted by atomic mass is 10.1. The second-order valence-electron chi connectivity index (χ2n) is 6.58. The van der Waals surface area contributed by atoms with Gasteiger partial charge in [0.1, 0.15) is 0 Å². The number of hydrogen-bond acceptors (Lipinski definition) is 5. The minimum atomic E-state index is -0.121. The number of carbonyl (C=O) groups excluding carboxylic acids is 2. The molecule has 0 radical (unpaired) electrons. The van der Waals surface area contributed by atoms with E-state index in [1.54, 1.807) is 31.2 Å². The van der Waals surface area contributed by atoms with Crippen LogP contribution in [0.4, 0.5) is 0 Å². The van der Waals surface area contributed by atoms with Crippen molar-refractivity contribution in [1.29, 1.82) is 0 Å². The maximum Gasteiger partial charge on any atom is 0.254 e.